The average molecular weight is 264 g/mol. The zero-order valence-corrected chi connectivity index (χ0v) is 10.0. The van der Waals surface area contributed by atoms with Crippen molar-refractivity contribution in [2.24, 2.45) is 0 Å². The van der Waals surface area contributed by atoms with Crippen molar-refractivity contribution in [1.29, 1.82) is 0 Å². The standard InChI is InChI=1S/C13H10ClNO3/c14-11-4-2-1-3-10(11)12-7-5-9(18-12)6-8-13(16)15-17/h1-8,17H,(H,15,16)/b8-6+. The molecule has 1 aromatic heterocycles. The van der Waals surface area contributed by atoms with Gasteiger partial charge in [0.25, 0.3) is 5.91 Å². The van der Waals surface area contributed by atoms with E-state index >= 15 is 0 Å². The lowest BCUT2D eigenvalue weighted by molar-refractivity contribution is -0.124. The van der Waals surface area contributed by atoms with Crippen LogP contribution in [0.15, 0.2) is 46.9 Å². The first-order valence-electron chi connectivity index (χ1n) is 5.17. The van der Waals surface area contributed by atoms with Crippen molar-refractivity contribution in [1.82, 2.24) is 5.48 Å². The SMILES string of the molecule is O=C(/C=C/c1ccc(-c2ccccc2Cl)o1)NO. The van der Waals surface area contributed by atoms with E-state index in [1.54, 1.807) is 18.2 Å². The zero-order valence-electron chi connectivity index (χ0n) is 9.26. The summed E-state index contributed by atoms with van der Waals surface area (Å²) >= 11 is 6.04. The van der Waals surface area contributed by atoms with Gasteiger partial charge in [0, 0.05) is 11.6 Å². The van der Waals surface area contributed by atoms with E-state index in [4.69, 9.17) is 21.2 Å². The Morgan fingerprint density at radius 1 is 1.28 bits per heavy atom. The number of rotatable bonds is 3. The minimum atomic E-state index is -0.620. The molecule has 0 fully saturated rings. The van der Waals surface area contributed by atoms with Gasteiger partial charge in [0.05, 0.1) is 5.02 Å². The van der Waals surface area contributed by atoms with Crippen molar-refractivity contribution in [3.63, 3.8) is 0 Å². The van der Waals surface area contributed by atoms with Crippen molar-refractivity contribution in [3.8, 4) is 11.3 Å². The van der Waals surface area contributed by atoms with Crippen LogP contribution >= 0.6 is 11.6 Å². The van der Waals surface area contributed by atoms with Gasteiger partial charge in [0.15, 0.2) is 0 Å². The number of carbonyl (C=O) groups is 1. The van der Waals surface area contributed by atoms with E-state index in [9.17, 15) is 4.79 Å². The highest BCUT2D eigenvalue weighted by Crippen LogP contribution is 2.29. The Balaban J connectivity index is 2.24. The molecular weight excluding hydrogens is 254 g/mol. The Labute approximate surface area is 108 Å². The van der Waals surface area contributed by atoms with Crippen LogP contribution in [-0.4, -0.2) is 11.1 Å². The van der Waals surface area contributed by atoms with Crippen LogP contribution in [-0.2, 0) is 4.79 Å². The highest BCUT2D eigenvalue weighted by Gasteiger charge is 2.06. The van der Waals surface area contributed by atoms with Crippen LogP contribution < -0.4 is 5.48 Å². The molecule has 2 rings (SSSR count). The predicted octanol–water partition coefficient (Wildman–Crippen LogP) is 3.12. The Hall–Kier alpha value is -2.04. The van der Waals surface area contributed by atoms with Crippen molar-refractivity contribution in [3.05, 3.63) is 53.3 Å². The van der Waals surface area contributed by atoms with E-state index in [-0.39, 0.29) is 0 Å². The maximum atomic E-state index is 10.8. The van der Waals surface area contributed by atoms with Crippen LogP contribution in [0.3, 0.4) is 0 Å². The van der Waals surface area contributed by atoms with Gasteiger partial charge >= 0.3 is 0 Å². The van der Waals surface area contributed by atoms with Gasteiger partial charge < -0.3 is 4.42 Å². The summed E-state index contributed by atoms with van der Waals surface area (Å²) in [5.74, 6) is 0.490. The van der Waals surface area contributed by atoms with Crippen molar-refractivity contribution < 1.29 is 14.4 Å². The summed E-state index contributed by atoms with van der Waals surface area (Å²) in [6, 6.07) is 10.8. The molecule has 1 heterocycles. The first kappa shape index (κ1) is 12.4. The normalized spacial score (nSPS) is 10.8. The molecule has 0 radical (unpaired) electrons. The molecule has 1 amide bonds. The summed E-state index contributed by atoms with van der Waals surface area (Å²) in [4.78, 5) is 10.8. The smallest absolute Gasteiger partial charge is 0.267 e. The van der Waals surface area contributed by atoms with Crippen LogP contribution in [0, 0.1) is 0 Å². The molecule has 92 valence electrons. The Morgan fingerprint density at radius 3 is 2.78 bits per heavy atom. The van der Waals surface area contributed by atoms with E-state index < -0.39 is 5.91 Å². The second-order valence-corrected chi connectivity index (χ2v) is 3.90. The lowest BCUT2D eigenvalue weighted by Gasteiger charge is -1.98. The molecule has 0 spiro atoms. The Morgan fingerprint density at radius 2 is 2.06 bits per heavy atom. The summed E-state index contributed by atoms with van der Waals surface area (Å²) in [6.45, 7) is 0. The summed E-state index contributed by atoms with van der Waals surface area (Å²) < 4.78 is 5.51. The third-order valence-corrected chi connectivity index (χ3v) is 2.60. The molecule has 5 heteroatoms. The summed E-state index contributed by atoms with van der Waals surface area (Å²) in [5.41, 5.74) is 2.28. The number of hydroxylamine groups is 1. The third-order valence-electron chi connectivity index (χ3n) is 2.28. The number of halogens is 1. The quantitative estimate of drug-likeness (QED) is 0.508. The van der Waals surface area contributed by atoms with Crippen LogP contribution in [0.2, 0.25) is 5.02 Å². The molecule has 18 heavy (non-hydrogen) atoms. The predicted molar refractivity (Wildman–Crippen MR) is 68.1 cm³/mol. The number of nitrogens with one attached hydrogen (secondary N) is 1. The molecule has 2 aromatic rings. The van der Waals surface area contributed by atoms with E-state index in [0.717, 1.165) is 11.6 Å². The number of benzene rings is 1. The maximum Gasteiger partial charge on any atom is 0.267 e. The van der Waals surface area contributed by atoms with Gasteiger partial charge in [-0.2, -0.15) is 0 Å². The summed E-state index contributed by atoms with van der Waals surface area (Å²) in [5, 5.41) is 8.93. The maximum absolute atomic E-state index is 10.8. The number of hydrogen-bond donors (Lipinski definition) is 2. The van der Waals surface area contributed by atoms with Crippen molar-refractivity contribution in [2.45, 2.75) is 0 Å². The largest absolute Gasteiger partial charge is 0.457 e. The minimum absolute atomic E-state index is 0.494. The van der Waals surface area contributed by atoms with E-state index in [2.05, 4.69) is 0 Å². The lowest BCUT2D eigenvalue weighted by Crippen LogP contribution is -2.14. The first-order valence-corrected chi connectivity index (χ1v) is 5.55. The highest BCUT2D eigenvalue weighted by molar-refractivity contribution is 6.33. The van der Waals surface area contributed by atoms with Crippen LogP contribution in [0.25, 0.3) is 17.4 Å². The highest BCUT2D eigenvalue weighted by atomic mass is 35.5. The monoisotopic (exact) mass is 263 g/mol. The zero-order chi connectivity index (χ0) is 13.0. The number of hydrogen-bond acceptors (Lipinski definition) is 3. The summed E-state index contributed by atoms with van der Waals surface area (Å²) in [6.07, 6.45) is 2.61. The molecule has 0 saturated heterocycles. The minimum Gasteiger partial charge on any atom is -0.457 e. The number of carbonyl (C=O) groups excluding carboxylic acids is 1. The Bertz CT molecular complexity index is 589. The average Bonchev–Trinajstić information content (AvgIpc) is 2.85. The van der Waals surface area contributed by atoms with Crippen molar-refractivity contribution >= 4 is 23.6 Å². The van der Waals surface area contributed by atoms with Crippen molar-refractivity contribution in [2.75, 3.05) is 0 Å². The summed E-state index contributed by atoms with van der Waals surface area (Å²) in [7, 11) is 0. The number of amides is 1. The van der Waals surface area contributed by atoms with E-state index in [1.807, 2.05) is 18.2 Å². The third kappa shape index (κ3) is 2.80. The fraction of sp³-hybridized carbons (Fsp3) is 0. The van der Waals surface area contributed by atoms with Gasteiger partial charge in [-0.25, -0.2) is 5.48 Å². The van der Waals surface area contributed by atoms with Gasteiger partial charge in [-0.1, -0.05) is 23.7 Å². The second kappa shape index (κ2) is 5.53. The van der Waals surface area contributed by atoms with Gasteiger partial charge in [-0.05, 0) is 30.3 Å². The van der Waals surface area contributed by atoms with Gasteiger partial charge in [-0.15, -0.1) is 0 Å². The van der Waals surface area contributed by atoms with E-state index in [0.29, 0.717) is 16.5 Å². The molecule has 0 saturated carbocycles. The topological polar surface area (TPSA) is 62.5 Å². The molecule has 0 bridgehead atoms. The van der Waals surface area contributed by atoms with E-state index in [1.165, 1.54) is 11.6 Å². The molecule has 0 atom stereocenters. The first-order chi connectivity index (χ1) is 8.70. The molecule has 2 N–H and O–H groups in total. The number of furan rings is 1. The van der Waals surface area contributed by atoms with Gasteiger partial charge in [-0.3, -0.25) is 10.0 Å². The molecule has 1 aromatic carbocycles. The lowest BCUT2D eigenvalue weighted by atomic mass is 10.2. The second-order valence-electron chi connectivity index (χ2n) is 3.49. The molecule has 0 aliphatic heterocycles. The van der Waals surface area contributed by atoms with Crippen LogP contribution in [0.5, 0.6) is 0 Å². The molecular formula is C13H10ClNO3. The van der Waals surface area contributed by atoms with Crippen LogP contribution in [0.4, 0.5) is 0 Å². The molecule has 4 nitrogen and oxygen atoms in total. The molecule has 0 aliphatic carbocycles. The van der Waals surface area contributed by atoms with Gasteiger partial charge in [0.1, 0.15) is 11.5 Å². The fourth-order valence-electron chi connectivity index (χ4n) is 1.44. The fourth-order valence-corrected chi connectivity index (χ4v) is 1.67. The molecule has 0 unspecified atom stereocenters. The van der Waals surface area contributed by atoms with Crippen LogP contribution in [0.1, 0.15) is 5.76 Å². The van der Waals surface area contributed by atoms with Gasteiger partial charge in [0.2, 0.25) is 0 Å². The molecule has 0 aliphatic rings. The Kier molecular flexibility index (Phi) is 3.82.